The van der Waals surface area contributed by atoms with Crippen LogP contribution in [0.15, 0.2) is 73.2 Å². The van der Waals surface area contributed by atoms with Crippen LogP contribution in [-0.4, -0.2) is 42.1 Å². The maximum atomic E-state index is 14.0. The fourth-order valence-corrected chi connectivity index (χ4v) is 4.91. The van der Waals surface area contributed by atoms with E-state index < -0.39 is 6.10 Å². The van der Waals surface area contributed by atoms with E-state index in [1.165, 1.54) is 0 Å². The predicted octanol–water partition coefficient (Wildman–Crippen LogP) is 2.86. The second-order valence-electron chi connectivity index (χ2n) is 8.40. The standard InChI is InChI=1S/C26H22N4O3/c31-15-21-24-20(17-6-9-27-13-17)2-1-3-23(24)33-25(21)26(32)30(19-8-10-28-14-19)18-4-5-22-16(12-18)7-11-29-22/h1-12,17,19,25,27-29H,13-14H2. The molecule has 0 fully saturated rings. The van der Waals surface area contributed by atoms with E-state index in [0.29, 0.717) is 17.9 Å². The summed E-state index contributed by atoms with van der Waals surface area (Å²) in [6.45, 7) is 1.32. The highest BCUT2D eigenvalue weighted by Gasteiger charge is 2.42. The number of nitrogens with one attached hydrogen (secondary N) is 3. The number of rotatable bonds is 4. The zero-order valence-corrected chi connectivity index (χ0v) is 17.7. The average Bonchev–Trinajstić information content (AvgIpc) is 3.64. The molecule has 3 N–H and O–H groups in total. The third-order valence-corrected chi connectivity index (χ3v) is 6.50. The first-order valence-electron chi connectivity index (χ1n) is 11.0. The molecule has 3 unspecified atom stereocenters. The number of nitrogens with zero attached hydrogens (tertiary/aromatic N) is 1. The third-order valence-electron chi connectivity index (χ3n) is 6.50. The van der Waals surface area contributed by atoms with Gasteiger partial charge in [0.1, 0.15) is 11.7 Å². The van der Waals surface area contributed by atoms with Crippen molar-refractivity contribution in [3.8, 4) is 5.75 Å². The van der Waals surface area contributed by atoms with Gasteiger partial charge in [0.15, 0.2) is 0 Å². The number of fused-ring (bicyclic) bond motifs is 2. The Labute approximate surface area is 190 Å². The average molecular weight is 438 g/mol. The molecule has 164 valence electrons. The number of carbonyl (C=O) groups is 1. The molecule has 33 heavy (non-hydrogen) atoms. The lowest BCUT2D eigenvalue weighted by Gasteiger charge is -2.30. The Morgan fingerprint density at radius 1 is 1.06 bits per heavy atom. The Hall–Kier alpha value is -4.22. The van der Waals surface area contributed by atoms with E-state index in [4.69, 9.17) is 4.74 Å². The molecule has 3 aromatic rings. The van der Waals surface area contributed by atoms with E-state index in [-0.39, 0.29) is 23.4 Å². The molecule has 0 saturated carbocycles. The molecule has 3 atom stereocenters. The molecule has 3 aliphatic rings. The van der Waals surface area contributed by atoms with Gasteiger partial charge in [0.25, 0.3) is 5.91 Å². The summed E-state index contributed by atoms with van der Waals surface area (Å²) < 4.78 is 6.12. The highest BCUT2D eigenvalue weighted by atomic mass is 16.5. The molecule has 7 heteroatoms. The number of H-pyrrole nitrogens is 1. The molecular formula is C26H22N4O3. The molecule has 0 spiro atoms. The zero-order valence-electron chi connectivity index (χ0n) is 17.7. The number of aromatic nitrogens is 1. The minimum absolute atomic E-state index is 0.106. The number of anilines is 1. The van der Waals surface area contributed by atoms with Gasteiger partial charge in [-0.25, -0.2) is 4.79 Å². The summed E-state index contributed by atoms with van der Waals surface area (Å²) in [6.07, 6.45) is 8.58. The lowest BCUT2D eigenvalue weighted by Crippen LogP contribution is -2.48. The summed E-state index contributed by atoms with van der Waals surface area (Å²) in [7, 11) is 0. The van der Waals surface area contributed by atoms with Gasteiger partial charge in [0.05, 0.1) is 11.6 Å². The van der Waals surface area contributed by atoms with Gasteiger partial charge in [-0.05, 0) is 54.4 Å². The Bertz CT molecular complexity index is 1360. The molecule has 0 radical (unpaired) electrons. The van der Waals surface area contributed by atoms with Crippen LogP contribution in [0.5, 0.6) is 5.75 Å². The van der Waals surface area contributed by atoms with Crippen LogP contribution in [0.25, 0.3) is 16.5 Å². The van der Waals surface area contributed by atoms with Gasteiger partial charge in [-0.1, -0.05) is 18.2 Å². The lowest BCUT2D eigenvalue weighted by molar-refractivity contribution is -0.123. The van der Waals surface area contributed by atoms with E-state index in [1.807, 2.05) is 73.1 Å². The number of hydrogen-bond donors (Lipinski definition) is 3. The molecular weight excluding hydrogens is 416 g/mol. The molecule has 2 aromatic carbocycles. The minimum Gasteiger partial charge on any atom is -0.474 e. The molecule has 4 heterocycles. The quantitative estimate of drug-likeness (QED) is 0.546. The summed E-state index contributed by atoms with van der Waals surface area (Å²) in [5.41, 5.74) is 3.65. The molecule has 0 saturated heterocycles. The van der Waals surface area contributed by atoms with Gasteiger partial charge < -0.3 is 25.3 Å². The van der Waals surface area contributed by atoms with Gasteiger partial charge in [0.2, 0.25) is 6.10 Å². The zero-order chi connectivity index (χ0) is 22.4. The first-order chi connectivity index (χ1) is 16.2. The number of aromatic amines is 1. The number of hydrogen-bond acceptors (Lipinski definition) is 5. The van der Waals surface area contributed by atoms with Crippen LogP contribution in [-0.2, 0) is 9.59 Å². The van der Waals surface area contributed by atoms with Gasteiger partial charge in [-0.15, -0.1) is 0 Å². The first kappa shape index (κ1) is 19.5. The summed E-state index contributed by atoms with van der Waals surface area (Å²) in [4.78, 5) is 31.1. The molecule has 1 amide bonds. The van der Waals surface area contributed by atoms with Gasteiger partial charge in [-0.3, -0.25) is 4.79 Å². The van der Waals surface area contributed by atoms with Crippen molar-refractivity contribution in [2.45, 2.75) is 18.1 Å². The Balaban J connectivity index is 1.41. The highest BCUT2D eigenvalue weighted by Crippen LogP contribution is 2.43. The molecule has 0 aliphatic carbocycles. The van der Waals surface area contributed by atoms with Crippen LogP contribution in [0.3, 0.4) is 0 Å². The molecule has 6 rings (SSSR count). The predicted molar refractivity (Wildman–Crippen MR) is 127 cm³/mol. The smallest absolute Gasteiger partial charge is 0.274 e. The minimum atomic E-state index is -1.05. The van der Waals surface area contributed by atoms with Crippen molar-refractivity contribution in [1.29, 1.82) is 0 Å². The molecule has 0 bridgehead atoms. The number of carbonyl (C=O) groups excluding carboxylic acids is 2. The van der Waals surface area contributed by atoms with Crippen LogP contribution in [0.4, 0.5) is 5.69 Å². The van der Waals surface area contributed by atoms with Crippen LogP contribution in [0.1, 0.15) is 17.0 Å². The van der Waals surface area contributed by atoms with Crippen molar-refractivity contribution < 1.29 is 14.3 Å². The number of benzene rings is 2. The largest absolute Gasteiger partial charge is 0.474 e. The normalized spacial score (nSPS) is 22.5. The SMILES string of the molecule is O=C=C1c2c(cccc2C2C=CNC2)OC1C(=O)N(c1ccc2[nH]ccc2c1)C1C=CNC1. The topological polar surface area (TPSA) is 86.5 Å². The number of amides is 1. The van der Waals surface area contributed by atoms with Crippen molar-refractivity contribution in [3.05, 3.63) is 84.3 Å². The van der Waals surface area contributed by atoms with E-state index in [9.17, 15) is 9.59 Å². The third kappa shape index (κ3) is 3.13. The summed E-state index contributed by atoms with van der Waals surface area (Å²) in [5, 5.41) is 7.37. The first-order valence-corrected chi connectivity index (χ1v) is 11.0. The van der Waals surface area contributed by atoms with E-state index in [1.54, 1.807) is 4.90 Å². The van der Waals surface area contributed by atoms with Gasteiger partial charge in [0, 0.05) is 47.4 Å². The van der Waals surface area contributed by atoms with Crippen molar-refractivity contribution in [2.75, 3.05) is 18.0 Å². The summed E-state index contributed by atoms with van der Waals surface area (Å²) in [5.74, 6) is 2.41. The van der Waals surface area contributed by atoms with Gasteiger partial charge >= 0.3 is 0 Å². The van der Waals surface area contributed by atoms with Crippen LogP contribution in [0.2, 0.25) is 0 Å². The summed E-state index contributed by atoms with van der Waals surface area (Å²) >= 11 is 0. The second-order valence-corrected chi connectivity index (χ2v) is 8.40. The van der Waals surface area contributed by atoms with Crippen LogP contribution >= 0.6 is 0 Å². The second kappa shape index (κ2) is 7.73. The fraction of sp³-hybridized carbons (Fsp3) is 0.192. The van der Waals surface area contributed by atoms with E-state index >= 15 is 0 Å². The highest BCUT2D eigenvalue weighted by molar-refractivity contribution is 6.12. The Morgan fingerprint density at radius 2 is 1.94 bits per heavy atom. The monoisotopic (exact) mass is 438 g/mol. The van der Waals surface area contributed by atoms with E-state index in [2.05, 4.69) is 21.7 Å². The Kier molecular flexibility index (Phi) is 4.56. The maximum Gasteiger partial charge on any atom is 0.274 e. The molecule has 3 aliphatic heterocycles. The maximum absolute atomic E-state index is 14.0. The van der Waals surface area contributed by atoms with Crippen molar-refractivity contribution in [3.63, 3.8) is 0 Å². The van der Waals surface area contributed by atoms with Crippen molar-refractivity contribution in [1.82, 2.24) is 15.6 Å². The van der Waals surface area contributed by atoms with E-state index in [0.717, 1.165) is 28.7 Å². The summed E-state index contributed by atoms with van der Waals surface area (Å²) in [6, 6.07) is 13.3. The lowest BCUT2D eigenvalue weighted by atomic mass is 9.90. The molecule has 7 nitrogen and oxygen atoms in total. The molecule has 1 aromatic heterocycles. The van der Waals surface area contributed by atoms with Crippen molar-refractivity contribution >= 4 is 34.0 Å². The van der Waals surface area contributed by atoms with Crippen LogP contribution < -0.4 is 20.3 Å². The fourth-order valence-electron chi connectivity index (χ4n) is 4.91. The Morgan fingerprint density at radius 3 is 2.73 bits per heavy atom. The van der Waals surface area contributed by atoms with Crippen LogP contribution in [0, 0.1) is 0 Å². The van der Waals surface area contributed by atoms with Gasteiger partial charge in [-0.2, -0.15) is 0 Å². The van der Waals surface area contributed by atoms with Crippen molar-refractivity contribution in [2.24, 2.45) is 0 Å². The number of ether oxygens (including phenoxy) is 1.